The van der Waals surface area contributed by atoms with E-state index in [0.717, 1.165) is 22.5 Å². The Balaban J connectivity index is 1.90. The van der Waals surface area contributed by atoms with E-state index in [2.05, 4.69) is 9.97 Å². The number of thioether (sulfide) groups is 1. The molecule has 1 saturated carbocycles. The fourth-order valence-electron chi connectivity index (χ4n) is 2.14. The lowest BCUT2D eigenvalue weighted by Crippen LogP contribution is -2.09. The average molecular weight is 254 g/mol. The minimum atomic E-state index is 0.704. The number of aromatic nitrogens is 2. The number of aromatic amines is 1. The fourth-order valence-corrected chi connectivity index (χ4v) is 3.62. The Labute approximate surface area is 106 Å². The lowest BCUT2D eigenvalue weighted by Gasteiger charge is -2.20. The lowest BCUT2D eigenvalue weighted by atomic mass is 10.0. The molecule has 1 aromatic rings. The molecule has 0 bridgehead atoms. The van der Waals surface area contributed by atoms with Gasteiger partial charge in [0.25, 0.3) is 0 Å². The van der Waals surface area contributed by atoms with Crippen LogP contribution in [0.15, 0.2) is 6.07 Å². The number of rotatable bonds is 3. The summed E-state index contributed by atoms with van der Waals surface area (Å²) in [6.45, 7) is 2.03. The van der Waals surface area contributed by atoms with Crippen LogP contribution in [0.3, 0.4) is 0 Å². The summed E-state index contributed by atoms with van der Waals surface area (Å²) in [5.74, 6) is 2.00. The van der Waals surface area contributed by atoms with Crippen molar-refractivity contribution in [3.05, 3.63) is 22.2 Å². The van der Waals surface area contributed by atoms with Crippen molar-refractivity contribution in [3.63, 3.8) is 0 Å². The van der Waals surface area contributed by atoms with Gasteiger partial charge in [-0.1, -0.05) is 31.5 Å². The molecule has 1 aromatic heterocycles. The molecule has 1 N–H and O–H groups in total. The zero-order chi connectivity index (χ0) is 11.4. The van der Waals surface area contributed by atoms with Crippen molar-refractivity contribution in [2.24, 2.45) is 0 Å². The maximum absolute atomic E-state index is 5.12. The van der Waals surface area contributed by atoms with Crippen molar-refractivity contribution in [1.82, 2.24) is 9.97 Å². The number of aryl methyl sites for hydroxylation is 1. The van der Waals surface area contributed by atoms with Crippen LogP contribution in [-0.4, -0.2) is 15.2 Å². The number of nitrogens with zero attached hydrogens (tertiary/aromatic N) is 1. The Morgan fingerprint density at radius 3 is 2.88 bits per heavy atom. The molecule has 1 heterocycles. The van der Waals surface area contributed by atoms with Gasteiger partial charge >= 0.3 is 0 Å². The fraction of sp³-hybridized carbons (Fsp3) is 0.667. The molecule has 0 saturated heterocycles. The number of hydrogen-bond acceptors (Lipinski definition) is 3. The third-order valence-corrected chi connectivity index (χ3v) is 4.53. The molecule has 0 spiro atoms. The van der Waals surface area contributed by atoms with Gasteiger partial charge in [0.15, 0.2) is 0 Å². The summed E-state index contributed by atoms with van der Waals surface area (Å²) in [5.41, 5.74) is 1.11. The van der Waals surface area contributed by atoms with E-state index in [1.807, 2.05) is 24.8 Å². The summed E-state index contributed by atoms with van der Waals surface area (Å²) in [6, 6.07) is 1.91. The first-order chi connectivity index (χ1) is 7.74. The quantitative estimate of drug-likeness (QED) is 0.826. The van der Waals surface area contributed by atoms with E-state index in [-0.39, 0.29) is 0 Å². The molecule has 2 rings (SSSR count). The average Bonchev–Trinajstić information content (AvgIpc) is 2.27. The van der Waals surface area contributed by atoms with E-state index >= 15 is 0 Å². The second-order valence-corrected chi connectivity index (χ2v) is 6.13. The van der Waals surface area contributed by atoms with E-state index in [0.29, 0.717) is 4.64 Å². The molecular formula is C12H18N2S2. The van der Waals surface area contributed by atoms with Gasteiger partial charge in [-0.15, -0.1) is 0 Å². The molecule has 4 heteroatoms. The molecule has 1 aliphatic rings. The Hall–Kier alpha value is -0.350. The summed E-state index contributed by atoms with van der Waals surface area (Å²) >= 11 is 7.15. The molecule has 1 aliphatic carbocycles. The van der Waals surface area contributed by atoms with Crippen molar-refractivity contribution in [1.29, 1.82) is 0 Å². The van der Waals surface area contributed by atoms with Crippen LogP contribution < -0.4 is 0 Å². The van der Waals surface area contributed by atoms with Crippen LogP contribution in [0.1, 0.15) is 43.6 Å². The predicted octanol–water partition coefficient (Wildman–Crippen LogP) is 4.01. The van der Waals surface area contributed by atoms with E-state index in [9.17, 15) is 0 Å². The lowest BCUT2D eigenvalue weighted by molar-refractivity contribution is 0.516. The van der Waals surface area contributed by atoms with Gasteiger partial charge in [0.05, 0.1) is 5.75 Å². The SMILES string of the molecule is Cc1cc(=S)nc(CSC2CCCCC2)[nH]1. The van der Waals surface area contributed by atoms with Gasteiger partial charge < -0.3 is 4.98 Å². The third-order valence-electron chi connectivity index (χ3n) is 2.93. The van der Waals surface area contributed by atoms with Gasteiger partial charge in [0.2, 0.25) is 0 Å². The first kappa shape index (κ1) is 12.1. The maximum Gasteiger partial charge on any atom is 0.130 e. The molecule has 0 radical (unpaired) electrons. The van der Waals surface area contributed by atoms with Gasteiger partial charge in [0, 0.05) is 10.9 Å². The molecule has 16 heavy (non-hydrogen) atoms. The predicted molar refractivity (Wildman–Crippen MR) is 72.3 cm³/mol. The highest BCUT2D eigenvalue weighted by Crippen LogP contribution is 2.29. The number of hydrogen-bond donors (Lipinski definition) is 1. The van der Waals surface area contributed by atoms with Gasteiger partial charge in [-0.05, 0) is 25.8 Å². The zero-order valence-electron chi connectivity index (χ0n) is 9.66. The molecule has 2 nitrogen and oxygen atoms in total. The van der Waals surface area contributed by atoms with Crippen LogP contribution in [0.25, 0.3) is 0 Å². The molecule has 1 fully saturated rings. The van der Waals surface area contributed by atoms with E-state index in [1.54, 1.807) is 0 Å². The van der Waals surface area contributed by atoms with Crippen LogP contribution in [0, 0.1) is 11.6 Å². The van der Waals surface area contributed by atoms with E-state index in [1.165, 1.54) is 32.1 Å². The molecular weight excluding hydrogens is 236 g/mol. The molecule has 0 unspecified atom stereocenters. The summed E-state index contributed by atoms with van der Waals surface area (Å²) in [5, 5.41) is 0.832. The van der Waals surface area contributed by atoms with Crippen LogP contribution in [0.5, 0.6) is 0 Å². The van der Waals surface area contributed by atoms with Crippen LogP contribution in [0.2, 0.25) is 0 Å². The second kappa shape index (κ2) is 5.82. The Bertz CT molecular complexity index is 394. The topological polar surface area (TPSA) is 28.7 Å². The van der Waals surface area contributed by atoms with Gasteiger partial charge in [-0.3, -0.25) is 0 Å². The highest BCUT2D eigenvalue weighted by atomic mass is 32.2. The van der Waals surface area contributed by atoms with Crippen molar-refractivity contribution in [2.45, 2.75) is 50.0 Å². The van der Waals surface area contributed by atoms with Crippen molar-refractivity contribution < 1.29 is 0 Å². The van der Waals surface area contributed by atoms with Crippen LogP contribution in [0.4, 0.5) is 0 Å². The monoisotopic (exact) mass is 254 g/mol. The largest absolute Gasteiger partial charge is 0.347 e. The third kappa shape index (κ3) is 3.59. The second-order valence-electron chi connectivity index (χ2n) is 4.42. The van der Waals surface area contributed by atoms with Crippen molar-refractivity contribution >= 4 is 24.0 Å². The highest BCUT2D eigenvalue weighted by molar-refractivity contribution is 7.99. The van der Waals surface area contributed by atoms with E-state index in [4.69, 9.17) is 12.2 Å². The molecule has 0 atom stereocenters. The van der Waals surface area contributed by atoms with Crippen molar-refractivity contribution in [2.75, 3.05) is 0 Å². The van der Waals surface area contributed by atoms with Gasteiger partial charge in [0.1, 0.15) is 10.5 Å². The van der Waals surface area contributed by atoms with Crippen LogP contribution >= 0.6 is 24.0 Å². The normalized spacial score (nSPS) is 17.6. The standard InChI is InChI=1S/C12H18N2S2/c1-9-7-12(15)14-11(13-9)8-16-10-5-3-2-4-6-10/h7,10H,2-6,8H2,1H3,(H,13,14,15). The minimum Gasteiger partial charge on any atom is -0.347 e. The Morgan fingerprint density at radius 1 is 1.44 bits per heavy atom. The zero-order valence-corrected chi connectivity index (χ0v) is 11.3. The molecule has 0 amide bonds. The smallest absolute Gasteiger partial charge is 0.130 e. The summed E-state index contributed by atoms with van der Waals surface area (Å²) < 4.78 is 0.704. The summed E-state index contributed by atoms with van der Waals surface area (Å²) in [6.07, 6.45) is 6.96. The van der Waals surface area contributed by atoms with Crippen LogP contribution in [-0.2, 0) is 5.75 Å². The number of H-pyrrole nitrogens is 1. The summed E-state index contributed by atoms with van der Waals surface area (Å²) in [7, 11) is 0. The van der Waals surface area contributed by atoms with Gasteiger partial charge in [-0.2, -0.15) is 11.8 Å². The Kier molecular flexibility index (Phi) is 4.41. The first-order valence-electron chi connectivity index (χ1n) is 5.92. The highest BCUT2D eigenvalue weighted by Gasteiger charge is 2.13. The number of nitrogens with one attached hydrogen (secondary N) is 1. The molecule has 0 aliphatic heterocycles. The van der Waals surface area contributed by atoms with Gasteiger partial charge in [-0.25, -0.2) is 4.98 Å². The summed E-state index contributed by atoms with van der Waals surface area (Å²) in [4.78, 5) is 7.65. The maximum atomic E-state index is 5.12. The first-order valence-corrected chi connectivity index (χ1v) is 7.38. The van der Waals surface area contributed by atoms with E-state index < -0.39 is 0 Å². The molecule has 0 aromatic carbocycles. The molecule has 88 valence electrons. The minimum absolute atomic E-state index is 0.704. The Morgan fingerprint density at radius 2 is 2.19 bits per heavy atom. The van der Waals surface area contributed by atoms with Crippen molar-refractivity contribution in [3.8, 4) is 0 Å².